The van der Waals surface area contributed by atoms with Crippen LogP contribution < -0.4 is 0 Å². The molecule has 16 heavy (non-hydrogen) atoms. The smallest absolute Gasteiger partial charge is 0.223 e. The Morgan fingerprint density at radius 1 is 1.31 bits per heavy atom. The predicted octanol–water partition coefficient (Wildman–Crippen LogP) is 3.31. The molecular weight excluding hydrogens is 207 g/mol. The van der Waals surface area contributed by atoms with E-state index in [9.17, 15) is 4.39 Å². The lowest BCUT2D eigenvalue weighted by atomic mass is 10.00. The van der Waals surface area contributed by atoms with Crippen molar-refractivity contribution in [1.29, 1.82) is 0 Å². The SMILES string of the molecule is Cc1nc(-c2ccc(F)c(C(C)C)c2)no1. The molecular formula is C12H13FN2O. The quantitative estimate of drug-likeness (QED) is 0.779. The fraction of sp³-hybridized carbons (Fsp3) is 0.333. The van der Waals surface area contributed by atoms with Gasteiger partial charge in [-0.3, -0.25) is 0 Å². The van der Waals surface area contributed by atoms with E-state index in [1.54, 1.807) is 19.1 Å². The molecule has 0 N–H and O–H groups in total. The van der Waals surface area contributed by atoms with Crippen molar-refractivity contribution in [2.75, 3.05) is 0 Å². The molecule has 0 fully saturated rings. The highest BCUT2D eigenvalue weighted by atomic mass is 19.1. The summed E-state index contributed by atoms with van der Waals surface area (Å²) in [4.78, 5) is 4.11. The van der Waals surface area contributed by atoms with E-state index >= 15 is 0 Å². The maximum absolute atomic E-state index is 13.5. The van der Waals surface area contributed by atoms with Gasteiger partial charge >= 0.3 is 0 Å². The van der Waals surface area contributed by atoms with Gasteiger partial charge in [0.2, 0.25) is 11.7 Å². The van der Waals surface area contributed by atoms with Crippen molar-refractivity contribution in [2.24, 2.45) is 0 Å². The fourth-order valence-electron chi connectivity index (χ4n) is 1.54. The first-order valence-electron chi connectivity index (χ1n) is 5.18. The highest BCUT2D eigenvalue weighted by Gasteiger charge is 2.11. The van der Waals surface area contributed by atoms with Crippen molar-refractivity contribution in [2.45, 2.75) is 26.7 Å². The first-order chi connectivity index (χ1) is 7.58. The fourth-order valence-corrected chi connectivity index (χ4v) is 1.54. The van der Waals surface area contributed by atoms with E-state index in [-0.39, 0.29) is 11.7 Å². The number of aromatic nitrogens is 2. The second-order valence-corrected chi connectivity index (χ2v) is 4.03. The summed E-state index contributed by atoms with van der Waals surface area (Å²) in [7, 11) is 0. The molecule has 0 radical (unpaired) electrons. The van der Waals surface area contributed by atoms with E-state index in [0.29, 0.717) is 17.3 Å². The molecule has 1 aromatic carbocycles. The minimum Gasteiger partial charge on any atom is -0.339 e. The normalized spacial score (nSPS) is 11.1. The average Bonchev–Trinajstić information content (AvgIpc) is 2.65. The van der Waals surface area contributed by atoms with Gasteiger partial charge in [-0.25, -0.2) is 4.39 Å². The van der Waals surface area contributed by atoms with Gasteiger partial charge in [0.15, 0.2) is 0 Å². The Kier molecular flexibility index (Phi) is 2.73. The van der Waals surface area contributed by atoms with Gasteiger partial charge in [-0.15, -0.1) is 0 Å². The Labute approximate surface area is 93.3 Å². The largest absolute Gasteiger partial charge is 0.339 e. The number of hydrogen-bond donors (Lipinski definition) is 0. The molecule has 0 aliphatic carbocycles. The minimum atomic E-state index is -0.195. The van der Waals surface area contributed by atoms with E-state index in [2.05, 4.69) is 10.1 Å². The maximum Gasteiger partial charge on any atom is 0.223 e. The molecule has 3 nitrogen and oxygen atoms in total. The second kappa shape index (κ2) is 4.04. The van der Waals surface area contributed by atoms with Crippen molar-refractivity contribution in [3.05, 3.63) is 35.5 Å². The van der Waals surface area contributed by atoms with Gasteiger partial charge in [0.05, 0.1) is 0 Å². The Bertz CT molecular complexity index is 505. The zero-order chi connectivity index (χ0) is 11.7. The summed E-state index contributed by atoms with van der Waals surface area (Å²) in [6, 6.07) is 4.87. The number of benzene rings is 1. The van der Waals surface area contributed by atoms with Crippen molar-refractivity contribution in [3.8, 4) is 11.4 Å². The van der Waals surface area contributed by atoms with Crippen LogP contribution in [-0.2, 0) is 0 Å². The molecule has 1 heterocycles. The molecule has 0 amide bonds. The summed E-state index contributed by atoms with van der Waals surface area (Å²) in [5.74, 6) is 0.941. The molecule has 0 aliphatic rings. The lowest BCUT2D eigenvalue weighted by Gasteiger charge is -2.07. The van der Waals surface area contributed by atoms with Crippen molar-refractivity contribution in [3.63, 3.8) is 0 Å². The molecule has 2 aromatic rings. The lowest BCUT2D eigenvalue weighted by Crippen LogP contribution is -1.94. The minimum absolute atomic E-state index is 0.132. The summed E-state index contributed by atoms with van der Waals surface area (Å²) in [5, 5.41) is 3.81. The average molecular weight is 220 g/mol. The van der Waals surface area contributed by atoms with E-state index in [0.717, 1.165) is 5.56 Å². The van der Waals surface area contributed by atoms with Crippen molar-refractivity contribution >= 4 is 0 Å². The highest BCUT2D eigenvalue weighted by Crippen LogP contribution is 2.24. The van der Waals surface area contributed by atoms with Gasteiger partial charge < -0.3 is 4.52 Å². The van der Waals surface area contributed by atoms with Crippen LogP contribution in [0.4, 0.5) is 4.39 Å². The van der Waals surface area contributed by atoms with E-state index in [4.69, 9.17) is 4.52 Å². The summed E-state index contributed by atoms with van der Waals surface area (Å²) >= 11 is 0. The van der Waals surface area contributed by atoms with E-state index in [1.807, 2.05) is 13.8 Å². The molecule has 2 rings (SSSR count). The van der Waals surface area contributed by atoms with Gasteiger partial charge in [0.25, 0.3) is 0 Å². The van der Waals surface area contributed by atoms with Crippen LogP contribution in [0, 0.1) is 12.7 Å². The molecule has 0 spiro atoms. The zero-order valence-corrected chi connectivity index (χ0v) is 9.49. The maximum atomic E-state index is 13.5. The van der Waals surface area contributed by atoms with Gasteiger partial charge in [-0.05, 0) is 29.7 Å². The summed E-state index contributed by atoms with van der Waals surface area (Å²) in [6.45, 7) is 5.62. The zero-order valence-electron chi connectivity index (χ0n) is 9.49. The van der Waals surface area contributed by atoms with Crippen molar-refractivity contribution in [1.82, 2.24) is 10.1 Å². The van der Waals surface area contributed by atoms with Crippen LogP contribution in [0.5, 0.6) is 0 Å². The van der Waals surface area contributed by atoms with Gasteiger partial charge in [0, 0.05) is 12.5 Å². The number of halogens is 1. The topological polar surface area (TPSA) is 38.9 Å². The third-order valence-corrected chi connectivity index (χ3v) is 2.40. The molecule has 0 unspecified atom stereocenters. The van der Waals surface area contributed by atoms with Gasteiger partial charge in [0.1, 0.15) is 5.82 Å². The Hall–Kier alpha value is -1.71. The van der Waals surface area contributed by atoms with Crippen molar-refractivity contribution < 1.29 is 8.91 Å². The van der Waals surface area contributed by atoms with Crippen LogP contribution in [0.2, 0.25) is 0 Å². The van der Waals surface area contributed by atoms with Crippen LogP contribution >= 0.6 is 0 Å². The summed E-state index contributed by atoms with van der Waals surface area (Å²) in [6.07, 6.45) is 0. The molecule has 0 saturated heterocycles. The first kappa shape index (κ1) is 10.8. The Morgan fingerprint density at radius 3 is 2.62 bits per heavy atom. The van der Waals surface area contributed by atoms with E-state index < -0.39 is 0 Å². The monoisotopic (exact) mass is 220 g/mol. The highest BCUT2D eigenvalue weighted by molar-refractivity contribution is 5.56. The lowest BCUT2D eigenvalue weighted by molar-refractivity contribution is 0.394. The van der Waals surface area contributed by atoms with Crippen LogP contribution in [0.3, 0.4) is 0 Å². The number of nitrogens with zero attached hydrogens (tertiary/aromatic N) is 2. The Morgan fingerprint density at radius 2 is 2.06 bits per heavy atom. The molecule has 0 saturated carbocycles. The number of aryl methyl sites for hydroxylation is 1. The van der Waals surface area contributed by atoms with Crippen LogP contribution in [0.15, 0.2) is 22.7 Å². The first-order valence-corrected chi connectivity index (χ1v) is 5.18. The standard InChI is InChI=1S/C12H13FN2O/c1-7(2)10-6-9(4-5-11(10)13)12-14-8(3)16-15-12/h4-7H,1-3H3. The molecule has 1 aromatic heterocycles. The van der Waals surface area contributed by atoms with Gasteiger partial charge in [-0.1, -0.05) is 19.0 Å². The molecule has 0 bridgehead atoms. The van der Waals surface area contributed by atoms with Crippen LogP contribution in [-0.4, -0.2) is 10.1 Å². The summed E-state index contributed by atoms with van der Waals surface area (Å²) in [5.41, 5.74) is 1.45. The Balaban J connectivity index is 2.47. The third-order valence-electron chi connectivity index (χ3n) is 2.40. The third kappa shape index (κ3) is 1.96. The number of hydrogen-bond acceptors (Lipinski definition) is 3. The predicted molar refractivity (Wildman–Crippen MR) is 58.5 cm³/mol. The molecule has 4 heteroatoms. The molecule has 0 atom stereocenters. The van der Waals surface area contributed by atoms with Crippen LogP contribution in [0.25, 0.3) is 11.4 Å². The number of rotatable bonds is 2. The molecule has 84 valence electrons. The molecule has 0 aliphatic heterocycles. The van der Waals surface area contributed by atoms with Crippen LogP contribution in [0.1, 0.15) is 31.2 Å². The summed E-state index contributed by atoms with van der Waals surface area (Å²) < 4.78 is 18.4. The second-order valence-electron chi connectivity index (χ2n) is 4.03. The van der Waals surface area contributed by atoms with Gasteiger partial charge in [-0.2, -0.15) is 4.98 Å². The van der Waals surface area contributed by atoms with E-state index in [1.165, 1.54) is 6.07 Å².